The molecule has 0 bridgehead atoms. The fraction of sp³-hybridized carbons (Fsp3) is 0.417. The lowest BCUT2D eigenvalue weighted by Crippen LogP contribution is -2.39. The van der Waals surface area contributed by atoms with E-state index in [2.05, 4.69) is 10.6 Å². The maximum Gasteiger partial charge on any atom is 0.319 e. The van der Waals surface area contributed by atoms with Gasteiger partial charge in [0.2, 0.25) is 5.91 Å². The van der Waals surface area contributed by atoms with Gasteiger partial charge in [-0.1, -0.05) is 49.6 Å². The van der Waals surface area contributed by atoms with E-state index in [0.29, 0.717) is 19.5 Å². The van der Waals surface area contributed by atoms with Crippen molar-refractivity contribution in [3.05, 3.63) is 60.2 Å². The van der Waals surface area contributed by atoms with Crippen LogP contribution in [0, 0.1) is 12.8 Å². The van der Waals surface area contributed by atoms with E-state index in [1.54, 1.807) is 0 Å². The first kappa shape index (κ1) is 20.9. The highest BCUT2D eigenvalue weighted by molar-refractivity contribution is 5.95. The van der Waals surface area contributed by atoms with Gasteiger partial charge in [0.05, 0.1) is 0 Å². The van der Waals surface area contributed by atoms with E-state index in [4.69, 9.17) is 0 Å². The topological polar surface area (TPSA) is 61.4 Å². The first-order valence-corrected chi connectivity index (χ1v) is 10.6. The Morgan fingerprint density at radius 1 is 1.00 bits per heavy atom. The molecule has 5 heteroatoms. The van der Waals surface area contributed by atoms with Crippen LogP contribution < -0.4 is 15.5 Å². The summed E-state index contributed by atoms with van der Waals surface area (Å²) in [6.07, 6.45) is 6.18. The van der Waals surface area contributed by atoms with Crippen molar-refractivity contribution >= 4 is 23.3 Å². The Balaban J connectivity index is 1.51. The summed E-state index contributed by atoms with van der Waals surface area (Å²) in [4.78, 5) is 27.1. The average molecular weight is 394 g/mol. The smallest absolute Gasteiger partial charge is 0.319 e. The molecular weight excluding hydrogens is 362 g/mol. The second-order valence-electron chi connectivity index (χ2n) is 7.76. The number of aryl methyl sites for hydroxylation is 1. The van der Waals surface area contributed by atoms with Crippen LogP contribution in [0.25, 0.3) is 0 Å². The van der Waals surface area contributed by atoms with Crippen LogP contribution in [0.15, 0.2) is 54.6 Å². The molecule has 0 saturated heterocycles. The molecule has 29 heavy (non-hydrogen) atoms. The zero-order valence-electron chi connectivity index (χ0n) is 17.2. The van der Waals surface area contributed by atoms with E-state index in [0.717, 1.165) is 42.6 Å². The third-order valence-corrected chi connectivity index (χ3v) is 5.41. The van der Waals surface area contributed by atoms with E-state index >= 15 is 0 Å². The van der Waals surface area contributed by atoms with Crippen molar-refractivity contribution in [2.24, 2.45) is 5.92 Å². The molecule has 2 aromatic rings. The number of nitrogens with one attached hydrogen (secondary N) is 2. The zero-order valence-corrected chi connectivity index (χ0v) is 17.2. The zero-order chi connectivity index (χ0) is 20.5. The molecule has 0 aromatic heterocycles. The molecule has 2 aromatic carbocycles. The molecule has 0 unspecified atom stereocenters. The number of hydrogen-bond donors (Lipinski definition) is 2. The van der Waals surface area contributed by atoms with E-state index in [9.17, 15) is 9.59 Å². The molecule has 1 aliphatic carbocycles. The Bertz CT molecular complexity index is 801. The van der Waals surface area contributed by atoms with Crippen molar-refractivity contribution in [3.8, 4) is 0 Å². The van der Waals surface area contributed by atoms with Gasteiger partial charge >= 0.3 is 6.03 Å². The van der Waals surface area contributed by atoms with Gasteiger partial charge in [0.1, 0.15) is 0 Å². The molecule has 1 fully saturated rings. The van der Waals surface area contributed by atoms with Crippen molar-refractivity contribution in [2.45, 2.75) is 45.4 Å². The third-order valence-electron chi connectivity index (χ3n) is 5.41. The minimum Gasteiger partial charge on any atom is -0.338 e. The molecule has 0 aliphatic heterocycles. The summed E-state index contributed by atoms with van der Waals surface area (Å²) in [5.74, 6) is 0.349. The molecule has 0 heterocycles. The van der Waals surface area contributed by atoms with Crippen LogP contribution >= 0.6 is 0 Å². The molecule has 0 spiro atoms. The highest BCUT2D eigenvalue weighted by Gasteiger charge is 2.26. The van der Waals surface area contributed by atoms with Gasteiger partial charge < -0.3 is 15.5 Å². The maximum absolute atomic E-state index is 13.1. The van der Waals surface area contributed by atoms with Gasteiger partial charge in [-0.15, -0.1) is 0 Å². The van der Waals surface area contributed by atoms with Crippen LogP contribution in [0.5, 0.6) is 0 Å². The summed E-state index contributed by atoms with van der Waals surface area (Å²) in [6, 6.07) is 17.3. The summed E-state index contributed by atoms with van der Waals surface area (Å²) in [5.41, 5.74) is 2.82. The molecule has 2 N–H and O–H groups in total. The summed E-state index contributed by atoms with van der Waals surface area (Å²) < 4.78 is 0. The molecule has 3 amide bonds. The maximum atomic E-state index is 13.1. The fourth-order valence-corrected chi connectivity index (χ4v) is 3.88. The normalized spacial score (nSPS) is 14.2. The number of carbonyl (C=O) groups excluding carboxylic acids is 2. The minimum absolute atomic E-state index is 0.126. The Hall–Kier alpha value is -2.82. The molecule has 0 radical (unpaired) electrons. The molecule has 1 saturated carbocycles. The summed E-state index contributed by atoms with van der Waals surface area (Å²) in [7, 11) is 0. The Morgan fingerprint density at radius 3 is 2.48 bits per heavy atom. The molecule has 3 rings (SSSR count). The first-order valence-electron chi connectivity index (χ1n) is 10.6. The predicted molar refractivity (Wildman–Crippen MR) is 118 cm³/mol. The average Bonchev–Trinajstić information content (AvgIpc) is 2.74. The van der Waals surface area contributed by atoms with Crippen LogP contribution in [0.4, 0.5) is 16.2 Å². The van der Waals surface area contributed by atoms with Crippen LogP contribution in [0.2, 0.25) is 0 Å². The van der Waals surface area contributed by atoms with E-state index in [-0.39, 0.29) is 17.9 Å². The Kier molecular flexibility index (Phi) is 7.68. The second kappa shape index (κ2) is 10.6. The van der Waals surface area contributed by atoms with Gasteiger partial charge in [-0.3, -0.25) is 4.79 Å². The summed E-state index contributed by atoms with van der Waals surface area (Å²) in [6.45, 7) is 3.10. The molecule has 0 atom stereocenters. The van der Waals surface area contributed by atoms with Crippen molar-refractivity contribution in [3.63, 3.8) is 0 Å². The number of carbonyl (C=O) groups is 2. The Labute approximate surface area is 173 Å². The minimum atomic E-state index is -0.222. The van der Waals surface area contributed by atoms with Crippen LogP contribution in [-0.2, 0) is 4.79 Å². The largest absolute Gasteiger partial charge is 0.338 e. The molecular formula is C24H31N3O2. The summed E-state index contributed by atoms with van der Waals surface area (Å²) >= 11 is 0. The fourth-order valence-electron chi connectivity index (χ4n) is 3.88. The predicted octanol–water partition coefficient (Wildman–Crippen LogP) is 5.12. The van der Waals surface area contributed by atoms with Gasteiger partial charge in [-0.2, -0.15) is 0 Å². The van der Waals surface area contributed by atoms with Gasteiger partial charge in [-0.25, -0.2) is 4.79 Å². The van der Waals surface area contributed by atoms with Gasteiger partial charge in [0.25, 0.3) is 0 Å². The van der Waals surface area contributed by atoms with Crippen molar-refractivity contribution in [1.82, 2.24) is 5.32 Å². The van der Waals surface area contributed by atoms with Gasteiger partial charge in [0.15, 0.2) is 0 Å². The number of benzene rings is 2. The lowest BCUT2D eigenvalue weighted by Gasteiger charge is -2.29. The highest BCUT2D eigenvalue weighted by Crippen LogP contribution is 2.27. The monoisotopic (exact) mass is 393 g/mol. The van der Waals surface area contributed by atoms with E-state index < -0.39 is 0 Å². The highest BCUT2D eigenvalue weighted by atomic mass is 16.2. The standard InChI is InChI=1S/C24H31N3O2/c1-19-10-8-13-21(18-19)26-24(29)25-16-9-17-27(22-14-6-3-7-15-22)23(28)20-11-4-2-5-12-20/h3,6-8,10,13-15,18,20H,2,4-5,9,11-12,16-17H2,1H3,(H2,25,26,29). The van der Waals surface area contributed by atoms with Gasteiger partial charge in [-0.05, 0) is 56.0 Å². The number of amides is 3. The molecule has 154 valence electrons. The lowest BCUT2D eigenvalue weighted by molar-refractivity contribution is -0.123. The Morgan fingerprint density at radius 2 is 1.76 bits per heavy atom. The van der Waals surface area contributed by atoms with E-state index in [1.165, 1.54) is 6.42 Å². The SMILES string of the molecule is Cc1cccc(NC(=O)NCCCN(C(=O)C2CCCCC2)c2ccccc2)c1. The number of urea groups is 1. The van der Waals surface area contributed by atoms with Gasteiger partial charge in [0, 0.05) is 30.4 Å². The molecule has 5 nitrogen and oxygen atoms in total. The first-order chi connectivity index (χ1) is 14.1. The second-order valence-corrected chi connectivity index (χ2v) is 7.76. The van der Waals surface area contributed by atoms with Crippen molar-refractivity contribution < 1.29 is 9.59 Å². The van der Waals surface area contributed by atoms with Crippen LogP contribution in [0.3, 0.4) is 0 Å². The number of para-hydroxylation sites is 1. The van der Waals surface area contributed by atoms with Crippen LogP contribution in [0.1, 0.15) is 44.1 Å². The number of anilines is 2. The third kappa shape index (κ3) is 6.34. The summed E-state index contributed by atoms with van der Waals surface area (Å²) in [5, 5.41) is 5.73. The van der Waals surface area contributed by atoms with E-state index in [1.807, 2.05) is 66.4 Å². The molecule has 1 aliphatic rings. The van der Waals surface area contributed by atoms with Crippen molar-refractivity contribution in [2.75, 3.05) is 23.3 Å². The number of rotatable bonds is 7. The number of nitrogens with zero attached hydrogens (tertiary/aromatic N) is 1. The number of hydrogen-bond acceptors (Lipinski definition) is 2. The van der Waals surface area contributed by atoms with Crippen molar-refractivity contribution in [1.29, 1.82) is 0 Å². The van der Waals surface area contributed by atoms with Crippen LogP contribution in [-0.4, -0.2) is 25.0 Å². The quantitative estimate of drug-likeness (QED) is 0.641. The lowest BCUT2D eigenvalue weighted by atomic mass is 9.88.